The zero-order chi connectivity index (χ0) is 8.60. The van der Waals surface area contributed by atoms with Crippen LogP contribution in [0.1, 0.15) is 19.4 Å². The number of nitrogens with zero attached hydrogens (tertiary/aromatic N) is 1. The van der Waals surface area contributed by atoms with Crippen molar-refractivity contribution >= 4 is 11.9 Å². The second-order valence-electron chi connectivity index (χ2n) is 4.05. The Morgan fingerprint density at radius 2 is 2.00 bits per heavy atom. The molecule has 0 N–H and O–H groups in total. The Bertz CT molecular complexity index is 324. The smallest absolute Gasteiger partial charge is 0.0658 e. The van der Waals surface area contributed by atoms with Crippen LogP contribution >= 0.6 is 0 Å². The monoisotopic (exact) mass is 159 g/mol. The summed E-state index contributed by atoms with van der Waals surface area (Å²) >= 11 is 0. The normalized spacial score (nSPS) is 18.8. The van der Waals surface area contributed by atoms with Gasteiger partial charge in [0.1, 0.15) is 0 Å². The van der Waals surface area contributed by atoms with Crippen LogP contribution < -0.4 is 0 Å². The summed E-state index contributed by atoms with van der Waals surface area (Å²) in [7, 11) is 0. The summed E-state index contributed by atoms with van der Waals surface area (Å²) in [5.41, 5.74) is 2.73. The number of fused-ring (bicyclic) bond motifs is 1. The van der Waals surface area contributed by atoms with Crippen molar-refractivity contribution in [3.05, 3.63) is 29.8 Å². The standard InChI is InChI=1S/C11H13N/c1-11(2)7-9-5-3-4-6-10(9)12-8-11/h3-6,8H,7H2,1-2H3. The predicted octanol–water partition coefficient (Wildman–Crippen LogP) is 2.97. The van der Waals surface area contributed by atoms with Crippen LogP contribution in [-0.4, -0.2) is 6.21 Å². The van der Waals surface area contributed by atoms with Crippen LogP contribution in [0.5, 0.6) is 0 Å². The van der Waals surface area contributed by atoms with Crippen molar-refractivity contribution in [3.8, 4) is 0 Å². The first-order valence-electron chi connectivity index (χ1n) is 4.30. The van der Waals surface area contributed by atoms with Gasteiger partial charge in [0.15, 0.2) is 0 Å². The maximum absolute atomic E-state index is 4.42. The molecule has 12 heavy (non-hydrogen) atoms. The molecule has 0 aliphatic carbocycles. The molecular formula is C11H13N. The zero-order valence-electron chi connectivity index (χ0n) is 7.54. The Hall–Kier alpha value is -1.11. The molecule has 1 aromatic carbocycles. The minimum atomic E-state index is 0.231. The van der Waals surface area contributed by atoms with Gasteiger partial charge in [-0.2, -0.15) is 0 Å². The summed E-state index contributed by atoms with van der Waals surface area (Å²) < 4.78 is 0. The van der Waals surface area contributed by atoms with Crippen molar-refractivity contribution in [2.45, 2.75) is 20.3 Å². The fraction of sp³-hybridized carbons (Fsp3) is 0.364. The molecule has 1 aromatic rings. The fourth-order valence-corrected chi connectivity index (χ4v) is 1.57. The minimum absolute atomic E-state index is 0.231. The van der Waals surface area contributed by atoms with Gasteiger partial charge in [0.25, 0.3) is 0 Å². The van der Waals surface area contributed by atoms with E-state index in [4.69, 9.17) is 0 Å². The maximum atomic E-state index is 4.42. The van der Waals surface area contributed by atoms with Gasteiger partial charge in [-0.3, -0.25) is 4.99 Å². The van der Waals surface area contributed by atoms with Gasteiger partial charge >= 0.3 is 0 Å². The van der Waals surface area contributed by atoms with Crippen molar-refractivity contribution < 1.29 is 0 Å². The van der Waals surface area contributed by atoms with Crippen LogP contribution in [0.4, 0.5) is 5.69 Å². The molecule has 0 fully saturated rings. The van der Waals surface area contributed by atoms with Gasteiger partial charge in [-0.25, -0.2) is 0 Å². The Labute approximate surface area is 73.1 Å². The average molecular weight is 159 g/mol. The third-order valence-corrected chi connectivity index (χ3v) is 2.19. The summed E-state index contributed by atoms with van der Waals surface area (Å²) in [4.78, 5) is 4.42. The number of para-hydroxylation sites is 1. The molecule has 0 amide bonds. The Balaban J connectivity index is 2.46. The molecule has 1 aliphatic heterocycles. The number of hydrogen-bond donors (Lipinski definition) is 0. The number of aliphatic imine (C=N–C) groups is 1. The van der Waals surface area contributed by atoms with E-state index in [2.05, 4.69) is 43.3 Å². The van der Waals surface area contributed by atoms with Gasteiger partial charge in [0.2, 0.25) is 0 Å². The molecule has 0 aromatic heterocycles. The summed E-state index contributed by atoms with van der Waals surface area (Å²) in [5, 5.41) is 0. The first-order chi connectivity index (χ1) is 5.67. The molecular weight excluding hydrogens is 146 g/mol. The summed E-state index contributed by atoms with van der Waals surface area (Å²) in [6.07, 6.45) is 3.15. The van der Waals surface area contributed by atoms with Crippen molar-refractivity contribution in [1.82, 2.24) is 0 Å². The Morgan fingerprint density at radius 3 is 2.83 bits per heavy atom. The third kappa shape index (κ3) is 1.27. The topological polar surface area (TPSA) is 12.4 Å². The van der Waals surface area contributed by atoms with E-state index in [0.29, 0.717) is 0 Å². The highest BCUT2D eigenvalue weighted by atomic mass is 14.7. The van der Waals surface area contributed by atoms with Crippen LogP contribution in [0.25, 0.3) is 0 Å². The van der Waals surface area contributed by atoms with Gasteiger partial charge < -0.3 is 0 Å². The third-order valence-electron chi connectivity index (χ3n) is 2.19. The molecule has 0 saturated carbocycles. The summed E-state index contributed by atoms with van der Waals surface area (Å²) in [5.74, 6) is 0. The number of hydrogen-bond acceptors (Lipinski definition) is 1. The van der Waals surface area contributed by atoms with Crippen LogP contribution in [0.15, 0.2) is 29.3 Å². The first-order valence-corrected chi connectivity index (χ1v) is 4.30. The zero-order valence-corrected chi connectivity index (χ0v) is 7.54. The van der Waals surface area contributed by atoms with Gasteiger partial charge in [-0.05, 0) is 18.1 Å². The van der Waals surface area contributed by atoms with Gasteiger partial charge in [-0.1, -0.05) is 32.0 Å². The average Bonchev–Trinajstić information content (AvgIpc) is 2.02. The second-order valence-corrected chi connectivity index (χ2v) is 4.05. The van der Waals surface area contributed by atoms with Gasteiger partial charge in [0, 0.05) is 11.6 Å². The highest BCUT2D eigenvalue weighted by Crippen LogP contribution is 2.31. The molecule has 0 unspecified atom stereocenters. The van der Waals surface area contributed by atoms with Crippen molar-refractivity contribution in [3.63, 3.8) is 0 Å². The molecule has 0 atom stereocenters. The SMILES string of the molecule is CC1(C)C=Nc2ccccc2C1. The van der Waals surface area contributed by atoms with E-state index in [0.717, 1.165) is 12.1 Å². The second kappa shape index (κ2) is 2.44. The molecule has 0 saturated heterocycles. The van der Waals surface area contributed by atoms with Crippen LogP contribution in [0.2, 0.25) is 0 Å². The van der Waals surface area contributed by atoms with Gasteiger partial charge in [-0.15, -0.1) is 0 Å². The fourth-order valence-electron chi connectivity index (χ4n) is 1.57. The van der Waals surface area contributed by atoms with Crippen LogP contribution in [0.3, 0.4) is 0 Å². The van der Waals surface area contributed by atoms with E-state index in [1.807, 2.05) is 6.07 Å². The molecule has 1 heterocycles. The van der Waals surface area contributed by atoms with E-state index in [-0.39, 0.29) is 5.41 Å². The molecule has 62 valence electrons. The van der Waals surface area contributed by atoms with E-state index in [1.54, 1.807) is 0 Å². The number of benzene rings is 1. The highest BCUT2D eigenvalue weighted by Gasteiger charge is 2.20. The van der Waals surface area contributed by atoms with E-state index >= 15 is 0 Å². The lowest BCUT2D eigenvalue weighted by molar-refractivity contribution is 0.527. The molecule has 1 nitrogen and oxygen atoms in total. The Kier molecular flexibility index (Phi) is 1.53. The van der Waals surface area contributed by atoms with Crippen LogP contribution in [0, 0.1) is 5.41 Å². The lowest BCUT2D eigenvalue weighted by Gasteiger charge is -2.24. The number of rotatable bonds is 0. The molecule has 1 heteroatoms. The van der Waals surface area contributed by atoms with E-state index in [1.165, 1.54) is 5.56 Å². The van der Waals surface area contributed by atoms with E-state index in [9.17, 15) is 0 Å². The summed E-state index contributed by atoms with van der Waals surface area (Å²) in [6, 6.07) is 8.35. The molecule has 1 aliphatic rings. The lowest BCUT2D eigenvalue weighted by atomic mass is 9.84. The Morgan fingerprint density at radius 1 is 1.25 bits per heavy atom. The first kappa shape index (κ1) is 7.53. The molecule has 0 spiro atoms. The molecule has 0 bridgehead atoms. The quantitative estimate of drug-likeness (QED) is 0.552. The molecule has 0 radical (unpaired) electrons. The summed E-state index contributed by atoms with van der Waals surface area (Å²) in [6.45, 7) is 4.43. The van der Waals surface area contributed by atoms with E-state index < -0.39 is 0 Å². The van der Waals surface area contributed by atoms with Crippen molar-refractivity contribution in [2.24, 2.45) is 10.4 Å². The van der Waals surface area contributed by atoms with Crippen LogP contribution in [-0.2, 0) is 6.42 Å². The van der Waals surface area contributed by atoms with Gasteiger partial charge in [0.05, 0.1) is 5.69 Å². The molecule has 2 rings (SSSR count). The predicted molar refractivity (Wildman–Crippen MR) is 52.1 cm³/mol. The minimum Gasteiger partial charge on any atom is -0.260 e. The lowest BCUT2D eigenvalue weighted by Crippen LogP contribution is -2.19. The van der Waals surface area contributed by atoms with Crippen molar-refractivity contribution in [2.75, 3.05) is 0 Å². The highest BCUT2D eigenvalue weighted by molar-refractivity contribution is 5.73. The maximum Gasteiger partial charge on any atom is 0.0658 e. The largest absolute Gasteiger partial charge is 0.260 e. The van der Waals surface area contributed by atoms with Crippen molar-refractivity contribution in [1.29, 1.82) is 0 Å².